The van der Waals surface area contributed by atoms with E-state index in [1.165, 1.54) is 12.3 Å². The number of hydrogen-bond acceptors (Lipinski definition) is 2. The average Bonchev–Trinajstić information content (AvgIpc) is 2.32. The van der Waals surface area contributed by atoms with Crippen LogP contribution in [0.15, 0.2) is 18.5 Å². The van der Waals surface area contributed by atoms with Crippen LogP contribution in [0, 0.1) is 0 Å². The molecule has 2 rings (SSSR count). The standard InChI is InChI=1S/C12H13F5N2/c13-11(14)4-2-10(18,3-5-11)8-1-6-19-7-9(8)12(15,16)17/h1,6-7H,2-5,18H2. The molecular formula is C12H13F5N2. The summed E-state index contributed by atoms with van der Waals surface area (Å²) in [7, 11) is 0. The van der Waals surface area contributed by atoms with Crippen molar-refractivity contribution in [3.8, 4) is 0 Å². The molecule has 1 aliphatic rings. The van der Waals surface area contributed by atoms with Crippen LogP contribution in [0.4, 0.5) is 22.0 Å². The largest absolute Gasteiger partial charge is 0.418 e. The smallest absolute Gasteiger partial charge is 0.321 e. The number of halogens is 5. The molecular weight excluding hydrogens is 267 g/mol. The van der Waals surface area contributed by atoms with Crippen molar-refractivity contribution in [3.05, 3.63) is 29.6 Å². The van der Waals surface area contributed by atoms with Crippen LogP contribution in [0.5, 0.6) is 0 Å². The van der Waals surface area contributed by atoms with E-state index in [-0.39, 0.29) is 18.4 Å². The van der Waals surface area contributed by atoms with E-state index in [2.05, 4.69) is 4.98 Å². The topological polar surface area (TPSA) is 38.9 Å². The third-order valence-corrected chi connectivity index (χ3v) is 3.54. The van der Waals surface area contributed by atoms with Crippen molar-refractivity contribution in [3.63, 3.8) is 0 Å². The van der Waals surface area contributed by atoms with Crippen molar-refractivity contribution in [2.45, 2.75) is 43.3 Å². The number of pyridine rings is 1. The van der Waals surface area contributed by atoms with Crippen LogP contribution in [0.2, 0.25) is 0 Å². The van der Waals surface area contributed by atoms with Crippen LogP contribution < -0.4 is 5.73 Å². The first-order valence-corrected chi connectivity index (χ1v) is 5.82. The first-order valence-electron chi connectivity index (χ1n) is 5.82. The van der Waals surface area contributed by atoms with E-state index >= 15 is 0 Å². The molecule has 1 aromatic rings. The first-order chi connectivity index (χ1) is 8.64. The molecule has 1 saturated carbocycles. The van der Waals surface area contributed by atoms with Gasteiger partial charge in [-0.05, 0) is 24.5 Å². The molecule has 0 aliphatic heterocycles. The fraction of sp³-hybridized carbons (Fsp3) is 0.583. The monoisotopic (exact) mass is 280 g/mol. The van der Waals surface area contributed by atoms with E-state index in [9.17, 15) is 22.0 Å². The lowest BCUT2D eigenvalue weighted by atomic mass is 9.75. The number of nitrogens with two attached hydrogens (primary N) is 1. The summed E-state index contributed by atoms with van der Waals surface area (Å²) in [6.45, 7) is 0. The van der Waals surface area contributed by atoms with Crippen LogP contribution in [0.3, 0.4) is 0 Å². The van der Waals surface area contributed by atoms with Gasteiger partial charge in [0.05, 0.1) is 5.56 Å². The minimum absolute atomic E-state index is 0.148. The van der Waals surface area contributed by atoms with Gasteiger partial charge in [-0.2, -0.15) is 13.2 Å². The number of hydrogen-bond donors (Lipinski definition) is 1. The predicted molar refractivity (Wildman–Crippen MR) is 58.5 cm³/mol. The molecule has 1 heterocycles. The van der Waals surface area contributed by atoms with E-state index in [0.717, 1.165) is 0 Å². The molecule has 0 spiro atoms. The Bertz CT molecular complexity index is 459. The Hall–Kier alpha value is -1.24. The van der Waals surface area contributed by atoms with E-state index in [0.29, 0.717) is 6.20 Å². The molecule has 106 valence electrons. The fourth-order valence-corrected chi connectivity index (χ4v) is 2.39. The van der Waals surface area contributed by atoms with Gasteiger partial charge in [0.1, 0.15) is 0 Å². The molecule has 2 nitrogen and oxygen atoms in total. The molecule has 0 amide bonds. The number of aromatic nitrogens is 1. The molecule has 2 N–H and O–H groups in total. The van der Waals surface area contributed by atoms with Crippen molar-refractivity contribution < 1.29 is 22.0 Å². The van der Waals surface area contributed by atoms with Gasteiger partial charge in [-0.3, -0.25) is 4.98 Å². The maximum Gasteiger partial charge on any atom is 0.418 e. The van der Waals surface area contributed by atoms with E-state index in [1.807, 2.05) is 0 Å². The van der Waals surface area contributed by atoms with Crippen molar-refractivity contribution in [2.24, 2.45) is 5.73 Å². The Morgan fingerprint density at radius 1 is 1.11 bits per heavy atom. The Balaban J connectivity index is 2.37. The average molecular weight is 280 g/mol. The van der Waals surface area contributed by atoms with Crippen molar-refractivity contribution in [1.82, 2.24) is 4.98 Å². The second-order valence-electron chi connectivity index (χ2n) is 4.93. The van der Waals surface area contributed by atoms with Gasteiger partial charge in [0.15, 0.2) is 0 Å². The summed E-state index contributed by atoms with van der Waals surface area (Å²) in [5.41, 5.74) is 3.48. The first kappa shape index (κ1) is 14.2. The zero-order chi connectivity index (χ0) is 14.3. The normalized spacial score (nSPS) is 22.2. The van der Waals surface area contributed by atoms with Crippen LogP contribution in [0.25, 0.3) is 0 Å². The van der Waals surface area contributed by atoms with Gasteiger partial charge < -0.3 is 5.73 Å². The number of nitrogens with zero attached hydrogens (tertiary/aromatic N) is 1. The maximum atomic E-state index is 13.1. The molecule has 1 aliphatic carbocycles. The molecule has 0 aromatic carbocycles. The minimum Gasteiger partial charge on any atom is -0.321 e. The molecule has 7 heteroatoms. The van der Waals surface area contributed by atoms with Crippen molar-refractivity contribution in [2.75, 3.05) is 0 Å². The molecule has 0 atom stereocenters. The van der Waals surface area contributed by atoms with Gasteiger partial charge in [-0.25, -0.2) is 8.78 Å². The molecule has 0 saturated heterocycles. The molecule has 1 fully saturated rings. The van der Waals surface area contributed by atoms with Crippen LogP contribution >= 0.6 is 0 Å². The molecule has 19 heavy (non-hydrogen) atoms. The lowest BCUT2D eigenvalue weighted by molar-refractivity contribution is -0.139. The highest BCUT2D eigenvalue weighted by Crippen LogP contribution is 2.45. The van der Waals surface area contributed by atoms with Crippen LogP contribution in [-0.2, 0) is 11.7 Å². The summed E-state index contributed by atoms with van der Waals surface area (Å²) < 4.78 is 64.9. The maximum absolute atomic E-state index is 13.1. The third kappa shape index (κ3) is 2.86. The van der Waals surface area contributed by atoms with Gasteiger partial charge in [0.25, 0.3) is 0 Å². The highest BCUT2D eigenvalue weighted by atomic mass is 19.4. The summed E-state index contributed by atoms with van der Waals surface area (Å²) in [5, 5.41) is 0. The van der Waals surface area contributed by atoms with Crippen molar-refractivity contribution in [1.29, 1.82) is 0 Å². The number of alkyl halides is 5. The SMILES string of the molecule is NC1(c2ccncc2C(F)(F)F)CCC(F)(F)CC1. The fourth-order valence-electron chi connectivity index (χ4n) is 2.39. The quantitative estimate of drug-likeness (QED) is 0.800. The third-order valence-electron chi connectivity index (χ3n) is 3.54. The number of rotatable bonds is 1. The van der Waals surface area contributed by atoms with Gasteiger partial charge in [0, 0.05) is 30.8 Å². The lowest BCUT2D eigenvalue weighted by Crippen LogP contribution is -2.44. The molecule has 0 radical (unpaired) electrons. The zero-order valence-corrected chi connectivity index (χ0v) is 9.97. The Labute approximate surface area is 106 Å². The van der Waals surface area contributed by atoms with Gasteiger partial charge in [0.2, 0.25) is 5.92 Å². The summed E-state index contributed by atoms with van der Waals surface area (Å²) in [4.78, 5) is 3.44. The Morgan fingerprint density at radius 3 is 2.21 bits per heavy atom. The molecule has 0 unspecified atom stereocenters. The zero-order valence-electron chi connectivity index (χ0n) is 9.97. The second kappa shape index (κ2) is 4.40. The van der Waals surface area contributed by atoms with Crippen LogP contribution in [0.1, 0.15) is 36.8 Å². The van der Waals surface area contributed by atoms with Gasteiger partial charge >= 0.3 is 6.18 Å². The summed E-state index contributed by atoms with van der Waals surface area (Å²) in [6, 6.07) is 1.17. The van der Waals surface area contributed by atoms with Crippen LogP contribution in [-0.4, -0.2) is 10.9 Å². The highest BCUT2D eigenvalue weighted by molar-refractivity contribution is 5.33. The Kier molecular flexibility index (Phi) is 3.28. The highest BCUT2D eigenvalue weighted by Gasteiger charge is 2.46. The van der Waals surface area contributed by atoms with E-state index in [4.69, 9.17) is 5.73 Å². The van der Waals surface area contributed by atoms with Crippen molar-refractivity contribution >= 4 is 0 Å². The van der Waals surface area contributed by atoms with E-state index < -0.39 is 36.0 Å². The Morgan fingerprint density at radius 2 is 1.68 bits per heavy atom. The van der Waals surface area contributed by atoms with Gasteiger partial charge in [-0.15, -0.1) is 0 Å². The summed E-state index contributed by atoms with van der Waals surface area (Å²) >= 11 is 0. The summed E-state index contributed by atoms with van der Waals surface area (Å²) in [5.74, 6) is -2.84. The second-order valence-corrected chi connectivity index (χ2v) is 4.93. The minimum atomic E-state index is -4.59. The van der Waals surface area contributed by atoms with Gasteiger partial charge in [-0.1, -0.05) is 0 Å². The lowest BCUT2D eigenvalue weighted by Gasteiger charge is -2.38. The van der Waals surface area contributed by atoms with E-state index in [1.54, 1.807) is 0 Å². The molecule has 0 bridgehead atoms. The molecule has 1 aromatic heterocycles. The predicted octanol–water partition coefficient (Wildman–Crippen LogP) is 3.46. The summed E-state index contributed by atoms with van der Waals surface area (Å²) in [6.07, 6.45) is -4.04.